The fourth-order valence-corrected chi connectivity index (χ4v) is 4.88. The molecule has 2 heterocycles. The van der Waals surface area contributed by atoms with E-state index in [9.17, 15) is 9.59 Å². The highest BCUT2D eigenvalue weighted by Gasteiger charge is 2.21. The van der Waals surface area contributed by atoms with Crippen LogP contribution in [0.15, 0.2) is 89.4 Å². The molecule has 0 saturated heterocycles. The topological polar surface area (TPSA) is 81.2 Å². The number of amides is 1. The summed E-state index contributed by atoms with van der Waals surface area (Å²) in [5.41, 5.74) is 5.40. The molecule has 0 atom stereocenters. The summed E-state index contributed by atoms with van der Waals surface area (Å²) in [6.45, 7) is 1.89. The molecular formula is C30H21BrClN3O3. The van der Waals surface area contributed by atoms with Crippen LogP contribution in [0.25, 0.3) is 33.4 Å². The van der Waals surface area contributed by atoms with E-state index in [2.05, 4.69) is 26.2 Å². The van der Waals surface area contributed by atoms with Gasteiger partial charge in [-0.3, -0.25) is 4.79 Å². The number of hydrogen-bond acceptors (Lipinski definition) is 5. The lowest BCUT2D eigenvalue weighted by atomic mass is 9.96. The number of halogens is 2. The fraction of sp³-hybridized carbons (Fsp3) is 0.0667. The number of nitrogens with one attached hydrogen (secondary N) is 1. The Kier molecular flexibility index (Phi) is 7.22. The van der Waals surface area contributed by atoms with Gasteiger partial charge in [0, 0.05) is 21.0 Å². The number of hydrogen-bond donors (Lipinski definition) is 1. The normalized spacial score (nSPS) is 10.8. The second-order valence-electron chi connectivity index (χ2n) is 8.54. The highest BCUT2D eigenvalue weighted by molar-refractivity contribution is 9.10. The van der Waals surface area contributed by atoms with Crippen molar-refractivity contribution in [3.63, 3.8) is 0 Å². The van der Waals surface area contributed by atoms with Gasteiger partial charge in [0.2, 0.25) is 0 Å². The minimum absolute atomic E-state index is 0.288. The highest BCUT2D eigenvalue weighted by atomic mass is 79.9. The third-order valence-electron chi connectivity index (χ3n) is 6.14. The maximum atomic E-state index is 14.0. The highest BCUT2D eigenvalue weighted by Crippen LogP contribution is 2.34. The molecule has 1 N–H and O–H groups in total. The molecule has 0 bridgehead atoms. The van der Waals surface area contributed by atoms with Gasteiger partial charge in [0.15, 0.2) is 0 Å². The predicted molar refractivity (Wildman–Crippen MR) is 154 cm³/mol. The lowest BCUT2D eigenvalue weighted by Gasteiger charge is -2.17. The molecule has 0 unspecified atom stereocenters. The SMILES string of the molecule is COC(=O)c1ccc(NC(=O)c2c(C)c(-c3ccccc3)nc3ccc(Br)cc23)c(-c2cccc(Cl)n2)c1. The fourth-order valence-electron chi connectivity index (χ4n) is 4.35. The standard InChI is InChI=1S/C30H21BrClN3O3/c1-17-27(22-16-20(31)12-14-25(22)34-28(17)18-7-4-3-5-8-18)29(36)35-24-13-11-19(30(37)38-2)15-21(24)23-9-6-10-26(32)33-23/h3-16H,1-2H3,(H,35,36). The van der Waals surface area contributed by atoms with E-state index in [0.717, 1.165) is 21.3 Å². The Morgan fingerprint density at radius 1 is 0.921 bits per heavy atom. The van der Waals surface area contributed by atoms with Gasteiger partial charge in [-0.1, -0.05) is 63.9 Å². The van der Waals surface area contributed by atoms with Gasteiger partial charge < -0.3 is 10.1 Å². The monoisotopic (exact) mass is 585 g/mol. The van der Waals surface area contributed by atoms with Crippen molar-refractivity contribution in [2.45, 2.75) is 6.92 Å². The van der Waals surface area contributed by atoms with Gasteiger partial charge in [0.1, 0.15) is 5.15 Å². The summed E-state index contributed by atoms with van der Waals surface area (Å²) in [6, 6.07) is 25.5. The van der Waals surface area contributed by atoms with Crippen LogP contribution in [0.1, 0.15) is 26.3 Å². The number of carbonyl (C=O) groups is 2. The van der Waals surface area contributed by atoms with E-state index >= 15 is 0 Å². The number of ether oxygens (including phenoxy) is 1. The molecule has 0 saturated carbocycles. The minimum atomic E-state index is -0.500. The summed E-state index contributed by atoms with van der Waals surface area (Å²) in [6.07, 6.45) is 0. The molecule has 8 heteroatoms. The molecule has 1 amide bonds. The van der Waals surface area contributed by atoms with Crippen LogP contribution < -0.4 is 5.32 Å². The molecule has 0 spiro atoms. The molecule has 38 heavy (non-hydrogen) atoms. The summed E-state index contributed by atoms with van der Waals surface area (Å²) in [5.74, 6) is -0.821. The van der Waals surface area contributed by atoms with Gasteiger partial charge in [-0.15, -0.1) is 0 Å². The van der Waals surface area contributed by atoms with Crippen LogP contribution in [-0.4, -0.2) is 29.0 Å². The molecule has 0 aliphatic heterocycles. The number of carbonyl (C=O) groups excluding carboxylic acids is 2. The molecule has 0 radical (unpaired) electrons. The Bertz CT molecular complexity index is 1710. The van der Waals surface area contributed by atoms with Crippen molar-refractivity contribution in [3.05, 3.63) is 111 Å². The Balaban J connectivity index is 1.66. The molecule has 188 valence electrons. The maximum Gasteiger partial charge on any atom is 0.337 e. The average Bonchev–Trinajstić information content (AvgIpc) is 2.93. The van der Waals surface area contributed by atoms with E-state index in [1.54, 1.807) is 36.4 Å². The van der Waals surface area contributed by atoms with E-state index in [-0.39, 0.29) is 11.1 Å². The number of pyridine rings is 2. The third kappa shape index (κ3) is 5.03. The van der Waals surface area contributed by atoms with Crippen LogP contribution in [0.3, 0.4) is 0 Å². The van der Waals surface area contributed by atoms with Gasteiger partial charge >= 0.3 is 5.97 Å². The number of benzene rings is 3. The van der Waals surface area contributed by atoms with E-state index in [4.69, 9.17) is 21.3 Å². The number of fused-ring (bicyclic) bond motifs is 1. The molecule has 3 aromatic carbocycles. The Morgan fingerprint density at radius 2 is 1.71 bits per heavy atom. The van der Waals surface area contributed by atoms with E-state index in [1.165, 1.54) is 7.11 Å². The molecule has 5 aromatic rings. The number of anilines is 1. The molecule has 6 nitrogen and oxygen atoms in total. The van der Waals surface area contributed by atoms with Gasteiger partial charge in [0.25, 0.3) is 5.91 Å². The van der Waals surface area contributed by atoms with Crippen molar-refractivity contribution in [1.29, 1.82) is 0 Å². The number of esters is 1. The molecule has 0 fully saturated rings. The maximum absolute atomic E-state index is 14.0. The summed E-state index contributed by atoms with van der Waals surface area (Å²) in [5, 5.41) is 4.04. The third-order valence-corrected chi connectivity index (χ3v) is 6.85. The van der Waals surface area contributed by atoms with Crippen molar-refractivity contribution in [1.82, 2.24) is 9.97 Å². The lowest BCUT2D eigenvalue weighted by molar-refractivity contribution is 0.0600. The van der Waals surface area contributed by atoms with Crippen LogP contribution in [0.5, 0.6) is 0 Å². The largest absolute Gasteiger partial charge is 0.465 e. The van der Waals surface area contributed by atoms with Crippen molar-refractivity contribution in [2.24, 2.45) is 0 Å². The van der Waals surface area contributed by atoms with Crippen LogP contribution in [0.2, 0.25) is 5.15 Å². The predicted octanol–water partition coefficient (Wildman–Crippen LogP) is 7.73. The first-order valence-corrected chi connectivity index (χ1v) is 12.8. The smallest absolute Gasteiger partial charge is 0.337 e. The number of aromatic nitrogens is 2. The Morgan fingerprint density at radius 3 is 2.45 bits per heavy atom. The lowest BCUT2D eigenvalue weighted by Crippen LogP contribution is -2.16. The van der Waals surface area contributed by atoms with Crippen LogP contribution in [-0.2, 0) is 4.74 Å². The first kappa shape index (κ1) is 25.6. The minimum Gasteiger partial charge on any atom is -0.465 e. The van der Waals surface area contributed by atoms with E-state index in [1.807, 2.05) is 55.5 Å². The number of nitrogens with zero attached hydrogens (tertiary/aromatic N) is 2. The van der Waals surface area contributed by atoms with Crippen LogP contribution >= 0.6 is 27.5 Å². The summed E-state index contributed by atoms with van der Waals surface area (Å²) in [7, 11) is 1.31. The van der Waals surface area contributed by atoms with Crippen molar-refractivity contribution in [2.75, 3.05) is 12.4 Å². The van der Waals surface area contributed by atoms with E-state index < -0.39 is 5.97 Å². The van der Waals surface area contributed by atoms with Gasteiger partial charge in [0.05, 0.1) is 40.8 Å². The first-order valence-electron chi connectivity index (χ1n) is 11.7. The second-order valence-corrected chi connectivity index (χ2v) is 9.84. The van der Waals surface area contributed by atoms with Crippen LogP contribution in [0, 0.1) is 6.92 Å². The summed E-state index contributed by atoms with van der Waals surface area (Å²) >= 11 is 9.68. The first-order chi connectivity index (χ1) is 18.4. The Labute approximate surface area is 232 Å². The zero-order chi connectivity index (χ0) is 26.8. The number of rotatable bonds is 5. The quantitative estimate of drug-likeness (QED) is 0.168. The molecule has 5 rings (SSSR count). The number of methoxy groups -OCH3 is 1. The van der Waals surface area contributed by atoms with Crippen LogP contribution in [0.4, 0.5) is 5.69 Å². The molecule has 0 aliphatic rings. The zero-order valence-corrected chi connectivity index (χ0v) is 22.8. The summed E-state index contributed by atoms with van der Waals surface area (Å²) in [4.78, 5) is 35.5. The van der Waals surface area contributed by atoms with Crippen molar-refractivity contribution < 1.29 is 14.3 Å². The van der Waals surface area contributed by atoms with E-state index in [0.29, 0.717) is 39.0 Å². The Hall–Kier alpha value is -4.07. The molecule has 0 aliphatic carbocycles. The zero-order valence-electron chi connectivity index (χ0n) is 20.5. The second kappa shape index (κ2) is 10.7. The summed E-state index contributed by atoms with van der Waals surface area (Å²) < 4.78 is 5.72. The molecule has 2 aromatic heterocycles. The average molecular weight is 587 g/mol. The molecular weight excluding hydrogens is 566 g/mol. The van der Waals surface area contributed by atoms with Gasteiger partial charge in [-0.2, -0.15) is 0 Å². The van der Waals surface area contributed by atoms with Gasteiger partial charge in [-0.05, 0) is 61.0 Å². The van der Waals surface area contributed by atoms with Crippen molar-refractivity contribution >= 4 is 56.0 Å². The van der Waals surface area contributed by atoms with Gasteiger partial charge in [-0.25, -0.2) is 14.8 Å². The van der Waals surface area contributed by atoms with Crippen molar-refractivity contribution in [3.8, 4) is 22.5 Å².